The standard InChI is InChI=1S/C21H23N7O2S/c1-14-6-4-5-7-18(14)28-15(2)24-25-21(28)31-13-19(29)26-8-10-27(11-9-26)20-17(12-22)23-16(3)30-20/h4-7H,8-11,13H2,1-3H3. The van der Waals surface area contributed by atoms with Crippen LogP contribution >= 0.6 is 11.8 Å². The molecule has 9 nitrogen and oxygen atoms in total. The lowest BCUT2D eigenvalue weighted by Crippen LogP contribution is -2.49. The molecule has 0 atom stereocenters. The normalized spacial score (nSPS) is 14.0. The summed E-state index contributed by atoms with van der Waals surface area (Å²) in [6.07, 6.45) is 0. The minimum atomic E-state index is 0.0518. The number of hydrogen-bond acceptors (Lipinski definition) is 8. The molecule has 0 N–H and O–H groups in total. The smallest absolute Gasteiger partial charge is 0.234 e. The van der Waals surface area contributed by atoms with E-state index in [2.05, 4.69) is 21.3 Å². The van der Waals surface area contributed by atoms with Crippen molar-refractivity contribution in [2.24, 2.45) is 0 Å². The minimum absolute atomic E-state index is 0.0518. The quantitative estimate of drug-likeness (QED) is 0.561. The molecule has 1 aliphatic rings. The number of para-hydroxylation sites is 1. The Labute approximate surface area is 184 Å². The number of carbonyl (C=O) groups is 1. The number of aryl methyl sites for hydroxylation is 3. The van der Waals surface area contributed by atoms with Crippen LogP contribution in [0.5, 0.6) is 0 Å². The lowest BCUT2D eigenvalue weighted by atomic mass is 10.2. The van der Waals surface area contributed by atoms with Crippen molar-refractivity contribution in [3.05, 3.63) is 47.2 Å². The Morgan fingerprint density at radius 1 is 1.16 bits per heavy atom. The molecule has 1 aromatic carbocycles. The van der Waals surface area contributed by atoms with E-state index >= 15 is 0 Å². The van der Waals surface area contributed by atoms with E-state index < -0.39 is 0 Å². The van der Waals surface area contributed by atoms with E-state index in [4.69, 9.17) is 4.42 Å². The van der Waals surface area contributed by atoms with Gasteiger partial charge in [-0.05, 0) is 25.5 Å². The molecule has 0 aliphatic carbocycles. The first-order chi connectivity index (χ1) is 15.0. The number of hydrogen-bond donors (Lipinski definition) is 0. The van der Waals surface area contributed by atoms with Gasteiger partial charge in [-0.15, -0.1) is 10.2 Å². The van der Waals surface area contributed by atoms with Crippen molar-refractivity contribution < 1.29 is 9.21 Å². The van der Waals surface area contributed by atoms with Crippen LogP contribution in [0.1, 0.15) is 23.0 Å². The first kappa shape index (κ1) is 20.9. The Balaban J connectivity index is 1.38. The fraction of sp³-hybridized carbons (Fsp3) is 0.381. The highest BCUT2D eigenvalue weighted by atomic mass is 32.2. The predicted molar refractivity (Wildman–Crippen MR) is 116 cm³/mol. The van der Waals surface area contributed by atoms with E-state index in [9.17, 15) is 10.1 Å². The van der Waals surface area contributed by atoms with Crippen LogP contribution in [0.4, 0.5) is 5.88 Å². The van der Waals surface area contributed by atoms with Crippen molar-refractivity contribution in [1.29, 1.82) is 5.26 Å². The van der Waals surface area contributed by atoms with Crippen molar-refractivity contribution in [2.45, 2.75) is 25.9 Å². The zero-order valence-corrected chi connectivity index (χ0v) is 18.5. The van der Waals surface area contributed by atoms with Gasteiger partial charge in [-0.1, -0.05) is 30.0 Å². The molecule has 1 saturated heterocycles. The van der Waals surface area contributed by atoms with Crippen LogP contribution in [-0.2, 0) is 4.79 Å². The second kappa shape index (κ2) is 8.81. The number of thioether (sulfide) groups is 1. The SMILES string of the molecule is Cc1nc(C#N)c(N2CCN(C(=O)CSc3nnc(C)n3-c3ccccc3C)CC2)o1. The van der Waals surface area contributed by atoms with Crippen LogP contribution in [0, 0.1) is 32.1 Å². The van der Waals surface area contributed by atoms with Gasteiger partial charge >= 0.3 is 0 Å². The summed E-state index contributed by atoms with van der Waals surface area (Å²) in [4.78, 5) is 20.7. The summed E-state index contributed by atoms with van der Waals surface area (Å²) in [5, 5.41) is 18.4. The molecular formula is C21H23N7O2S. The molecule has 160 valence electrons. The summed E-state index contributed by atoms with van der Waals surface area (Å²) in [5.74, 6) is 2.08. The molecule has 2 aromatic heterocycles. The van der Waals surface area contributed by atoms with Crippen molar-refractivity contribution >= 4 is 23.6 Å². The molecule has 1 aliphatic heterocycles. The molecule has 1 fully saturated rings. The van der Waals surface area contributed by atoms with Gasteiger partial charge in [0.1, 0.15) is 11.9 Å². The van der Waals surface area contributed by atoms with Gasteiger partial charge in [-0.2, -0.15) is 5.26 Å². The third kappa shape index (κ3) is 4.27. The summed E-state index contributed by atoms with van der Waals surface area (Å²) in [6.45, 7) is 7.99. The van der Waals surface area contributed by atoms with Crippen LogP contribution in [0.15, 0.2) is 33.8 Å². The van der Waals surface area contributed by atoms with Crippen LogP contribution in [0.25, 0.3) is 5.69 Å². The lowest BCUT2D eigenvalue weighted by Gasteiger charge is -2.34. The van der Waals surface area contributed by atoms with Crippen LogP contribution < -0.4 is 4.90 Å². The van der Waals surface area contributed by atoms with E-state index in [1.54, 1.807) is 6.92 Å². The number of benzene rings is 1. The summed E-state index contributed by atoms with van der Waals surface area (Å²) >= 11 is 1.39. The number of oxazole rings is 1. The van der Waals surface area contributed by atoms with Gasteiger partial charge in [0.25, 0.3) is 0 Å². The van der Waals surface area contributed by atoms with Crippen molar-refractivity contribution in [2.75, 3.05) is 36.8 Å². The molecular weight excluding hydrogens is 414 g/mol. The molecule has 0 saturated carbocycles. The van der Waals surface area contributed by atoms with Crippen molar-refractivity contribution in [1.82, 2.24) is 24.6 Å². The van der Waals surface area contributed by atoms with E-state index in [-0.39, 0.29) is 11.7 Å². The van der Waals surface area contributed by atoms with E-state index in [0.717, 1.165) is 17.1 Å². The fourth-order valence-electron chi connectivity index (χ4n) is 3.61. The maximum Gasteiger partial charge on any atom is 0.234 e. The average Bonchev–Trinajstić information content (AvgIpc) is 3.34. The maximum absolute atomic E-state index is 12.8. The van der Waals surface area contributed by atoms with Crippen LogP contribution in [0.2, 0.25) is 0 Å². The average molecular weight is 438 g/mol. The zero-order chi connectivity index (χ0) is 22.0. The van der Waals surface area contributed by atoms with Gasteiger partial charge in [-0.3, -0.25) is 9.36 Å². The molecule has 3 aromatic rings. The number of nitriles is 1. The fourth-order valence-corrected chi connectivity index (χ4v) is 4.50. The van der Waals surface area contributed by atoms with Crippen molar-refractivity contribution in [3.63, 3.8) is 0 Å². The Bertz CT molecular complexity index is 1140. The second-order valence-corrected chi connectivity index (χ2v) is 8.25. The second-order valence-electron chi connectivity index (χ2n) is 7.31. The first-order valence-electron chi connectivity index (χ1n) is 9.99. The monoisotopic (exact) mass is 437 g/mol. The Hall–Kier alpha value is -3.32. The number of anilines is 1. The largest absolute Gasteiger partial charge is 0.424 e. The van der Waals surface area contributed by atoms with Gasteiger partial charge in [-0.25, -0.2) is 4.98 Å². The van der Waals surface area contributed by atoms with E-state index in [0.29, 0.717) is 48.8 Å². The third-order valence-corrected chi connectivity index (χ3v) is 6.13. The Kier molecular flexibility index (Phi) is 5.95. The van der Waals surface area contributed by atoms with Crippen LogP contribution in [-0.4, -0.2) is 62.5 Å². The van der Waals surface area contributed by atoms with Gasteiger partial charge in [0.15, 0.2) is 11.0 Å². The van der Waals surface area contributed by atoms with Gasteiger partial charge in [0, 0.05) is 33.1 Å². The molecule has 0 radical (unpaired) electrons. The molecule has 10 heteroatoms. The van der Waals surface area contributed by atoms with Gasteiger partial charge in [0.2, 0.25) is 17.5 Å². The molecule has 3 heterocycles. The maximum atomic E-state index is 12.8. The topological polar surface area (TPSA) is 104 Å². The highest BCUT2D eigenvalue weighted by Crippen LogP contribution is 2.25. The Morgan fingerprint density at radius 3 is 2.61 bits per heavy atom. The number of carbonyl (C=O) groups excluding carboxylic acids is 1. The number of aromatic nitrogens is 4. The third-order valence-electron chi connectivity index (χ3n) is 5.22. The summed E-state index contributed by atoms with van der Waals surface area (Å²) < 4.78 is 7.57. The highest BCUT2D eigenvalue weighted by Gasteiger charge is 2.26. The number of rotatable bonds is 5. The summed E-state index contributed by atoms with van der Waals surface area (Å²) in [7, 11) is 0. The van der Waals surface area contributed by atoms with Crippen molar-refractivity contribution in [3.8, 4) is 11.8 Å². The lowest BCUT2D eigenvalue weighted by molar-refractivity contribution is -0.128. The van der Waals surface area contributed by atoms with E-state index in [1.165, 1.54) is 11.8 Å². The van der Waals surface area contributed by atoms with E-state index in [1.807, 2.05) is 52.5 Å². The number of piperazine rings is 1. The predicted octanol–water partition coefficient (Wildman–Crippen LogP) is 2.49. The number of amides is 1. The van der Waals surface area contributed by atoms with Crippen LogP contribution in [0.3, 0.4) is 0 Å². The van der Waals surface area contributed by atoms with Gasteiger partial charge < -0.3 is 14.2 Å². The first-order valence-corrected chi connectivity index (χ1v) is 11.0. The number of nitrogens with zero attached hydrogens (tertiary/aromatic N) is 7. The molecule has 0 unspecified atom stereocenters. The molecule has 1 amide bonds. The molecule has 0 bridgehead atoms. The summed E-state index contributed by atoms with van der Waals surface area (Å²) in [5.41, 5.74) is 2.43. The molecule has 4 rings (SSSR count). The zero-order valence-electron chi connectivity index (χ0n) is 17.7. The molecule has 31 heavy (non-hydrogen) atoms. The molecule has 0 spiro atoms. The highest BCUT2D eigenvalue weighted by molar-refractivity contribution is 7.99. The Morgan fingerprint density at radius 2 is 1.90 bits per heavy atom. The minimum Gasteiger partial charge on any atom is -0.424 e. The summed E-state index contributed by atoms with van der Waals surface area (Å²) in [6, 6.07) is 10.1. The van der Waals surface area contributed by atoms with Gasteiger partial charge in [0.05, 0.1) is 11.4 Å².